The number of hydrogen-bond acceptors (Lipinski definition) is 5. The zero-order valence-corrected chi connectivity index (χ0v) is 14.4. The van der Waals surface area contributed by atoms with Gasteiger partial charge in [-0.2, -0.15) is 0 Å². The number of sulfonamides is 1. The van der Waals surface area contributed by atoms with Gasteiger partial charge >= 0.3 is 0 Å². The van der Waals surface area contributed by atoms with Crippen molar-refractivity contribution in [2.45, 2.75) is 12.3 Å². The van der Waals surface area contributed by atoms with Crippen LogP contribution in [0.1, 0.15) is 10.6 Å². The molecule has 1 aromatic heterocycles. The van der Waals surface area contributed by atoms with E-state index >= 15 is 0 Å². The molecular formula is C16H13F2N3O2S2. The largest absolute Gasteiger partial charge is 0.216 e. The number of nitrogens with one attached hydrogen (secondary N) is 1. The van der Waals surface area contributed by atoms with Gasteiger partial charge in [0.15, 0.2) is 0 Å². The Balaban J connectivity index is 1.68. The molecule has 130 valence electrons. The topological polar surface area (TPSA) is 72.0 Å². The summed E-state index contributed by atoms with van der Waals surface area (Å²) in [4.78, 5) is 0. The second-order valence-electron chi connectivity index (χ2n) is 5.15. The second kappa shape index (κ2) is 7.34. The van der Waals surface area contributed by atoms with Crippen LogP contribution in [0.3, 0.4) is 0 Å². The van der Waals surface area contributed by atoms with E-state index in [2.05, 4.69) is 14.9 Å². The summed E-state index contributed by atoms with van der Waals surface area (Å²) in [5, 5.41) is 9.06. The lowest BCUT2D eigenvalue weighted by Gasteiger charge is -2.07. The van der Waals surface area contributed by atoms with E-state index in [0.29, 0.717) is 10.0 Å². The van der Waals surface area contributed by atoms with Crippen LogP contribution in [0, 0.1) is 11.6 Å². The minimum absolute atomic E-state index is 0.0943. The van der Waals surface area contributed by atoms with Crippen LogP contribution in [-0.4, -0.2) is 18.6 Å². The zero-order chi connectivity index (χ0) is 17.9. The molecule has 0 bridgehead atoms. The Morgan fingerprint density at radius 1 is 0.960 bits per heavy atom. The van der Waals surface area contributed by atoms with Gasteiger partial charge in [0.25, 0.3) is 0 Å². The quantitative estimate of drug-likeness (QED) is 0.712. The van der Waals surface area contributed by atoms with Crippen LogP contribution in [0.15, 0.2) is 48.5 Å². The Morgan fingerprint density at radius 2 is 1.64 bits per heavy atom. The third kappa shape index (κ3) is 4.44. The molecule has 0 radical (unpaired) electrons. The van der Waals surface area contributed by atoms with Crippen LogP contribution in [0.25, 0.3) is 10.6 Å². The maximum absolute atomic E-state index is 13.6. The van der Waals surface area contributed by atoms with Gasteiger partial charge in [0.1, 0.15) is 21.6 Å². The molecule has 3 rings (SSSR count). The molecule has 0 amide bonds. The molecular weight excluding hydrogens is 368 g/mol. The molecule has 3 aromatic rings. The van der Waals surface area contributed by atoms with Crippen molar-refractivity contribution < 1.29 is 17.2 Å². The Morgan fingerprint density at radius 3 is 2.32 bits per heavy atom. The molecule has 0 aliphatic rings. The van der Waals surface area contributed by atoms with Gasteiger partial charge in [-0.1, -0.05) is 47.7 Å². The van der Waals surface area contributed by atoms with Gasteiger partial charge in [-0.3, -0.25) is 0 Å². The van der Waals surface area contributed by atoms with Crippen LogP contribution in [-0.2, 0) is 22.3 Å². The number of hydrogen-bond donors (Lipinski definition) is 1. The van der Waals surface area contributed by atoms with Crippen molar-refractivity contribution in [2.75, 3.05) is 0 Å². The van der Waals surface area contributed by atoms with Crippen molar-refractivity contribution in [2.24, 2.45) is 0 Å². The molecule has 1 N–H and O–H groups in total. The Bertz CT molecular complexity index is 956. The smallest absolute Gasteiger partial charge is 0.212 e. The van der Waals surface area contributed by atoms with Crippen molar-refractivity contribution in [1.29, 1.82) is 0 Å². The average Bonchev–Trinajstić information content (AvgIpc) is 3.07. The summed E-state index contributed by atoms with van der Waals surface area (Å²) in [5.41, 5.74) is 0.389. The van der Waals surface area contributed by atoms with Gasteiger partial charge in [0.05, 0.1) is 12.3 Å². The number of rotatable bonds is 6. The minimum atomic E-state index is -3.92. The summed E-state index contributed by atoms with van der Waals surface area (Å²) in [6, 6.07) is 12.6. The molecule has 25 heavy (non-hydrogen) atoms. The lowest BCUT2D eigenvalue weighted by Crippen LogP contribution is -2.25. The van der Waals surface area contributed by atoms with Gasteiger partial charge in [0.2, 0.25) is 10.0 Å². The minimum Gasteiger partial charge on any atom is -0.212 e. The molecule has 0 atom stereocenters. The zero-order valence-electron chi connectivity index (χ0n) is 12.8. The molecule has 0 unspecified atom stereocenters. The van der Waals surface area contributed by atoms with E-state index in [9.17, 15) is 17.2 Å². The van der Waals surface area contributed by atoms with Crippen molar-refractivity contribution in [1.82, 2.24) is 14.9 Å². The van der Waals surface area contributed by atoms with Gasteiger partial charge < -0.3 is 0 Å². The highest BCUT2D eigenvalue weighted by Crippen LogP contribution is 2.23. The molecule has 0 saturated carbocycles. The lowest BCUT2D eigenvalue weighted by molar-refractivity contribution is 0.551. The summed E-state index contributed by atoms with van der Waals surface area (Å²) in [5.74, 6) is -2.57. The summed E-state index contributed by atoms with van der Waals surface area (Å²) < 4.78 is 53.6. The summed E-state index contributed by atoms with van der Waals surface area (Å²) >= 11 is 1.24. The van der Waals surface area contributed by atoms with E-state index in [1.54, 1.807) is 0 Å². The summed E-state index contributed by atoms with van der Waals surface area (Å²) in [6.07, 6.45) is 0. The van der Waals surface area contributed by atoms with Crippen molar-refractivity contribution >= 4 is 21.4 Å². The number of nitrogens with zero attached hydrogens (tertiary/aromatic N) is 2. The second-order valence-corrected chi connectivity index (χ2v) is 8.02. The van der Waals surface area contributed by atoms with Crippen LogP contribution in [0.2, 0.25) is 0 Å². The third-order valence-corrected chi connectivity index (χ3v) is 5.55. The fourth-order valence-electron chi connectivity index (χ4n) is 2.11. The molecule has 0 spiro atoms. The molecule has 2 aromatic carbocycles. The highest BCUT2D eigenvalue weighted by molar-refractivity contribution is 7.88. The summed E-state index contributed by atoms with van der Waals surface area (Å²) in [6.45, 7) is -0.0943. The van der Waals surface area contributed by atoms with Gasteiger partial charge in [-0.15, -0.1) is 10.2 Å². The molecule has 0 aliphatic heterocycles. The first-order chi connectivity index (χ1) is 11.9. The van der Waals surface area contributed by atoms with Gasteiger partial charge in [0, 0.05) is 11.1 Å². The first-order valence-corrected chi connectivity index (χ1v) is 9.69. The first-order valence-electron chi connectivity index (χ1n) is 7.22. The highest BCUT2D eigenvalue weighted by atomic mass is 32.2. The van der Waals surface area contributed by atoms with E-state index in [1.807, 2.05) is 30.3 Å². The molecule has 0 saturated heterocycles. The van der Waals surface area contributed by atoms with Crippen molar-refractivity contribution in [3.8, 4) is 10.6 Å². The van der Waals surface area contributed by atoms with E-state index in [0.717, 1.165) is 17.7 Å². The maximum atomic E-state index is 13.6. The van der Waals surface area contributed by atoms with E-state index in [1.165, 1.54) is 17.4 Å². The highest BCUT2D eigenvalue weighted by Gasteiger charge is 2.19. The lowest BCUT2D eigenvalue weighted by atomic mass is 10.2. The number of aromatic nitrogens is 2. The van der Waals surface area contributed by atoms with E-state index < -0.39 is 33.0 Å². The predicted octanol–water partition coefficient (Wildman–Crippen LogP) is 3.10. The van der Waals surface area contributed by atoms with Gasteiger partial charge in [-0.25, -0.2) is 21.9 Å². The molecule has 0 fully saturated rings. The van der Waals surface area contributed by atoms with Crippen molar-refractivity contribution in [3.63, 3.8) is 0 Å². The monoisotopic (exact) mass is 381 g/mol. The van der Waals surface area contributed by atoms with Crippen LogP contribution < -0.4 is 4.72 Å². The van der Waals surface area contributed by atoms with Crippen LogP contribution in [0.5, 0.6) is 0 Å². The summed E-state index contributed by atoms with van der Waals surface area (Å²) in [7, 11) is -3.92. The number of halogens is 2. The number of benzene rings is 2. The Kier molecular flexibility index (Phi) is 5.16. The molecule has 5 nitrogen and oxygen atoms in total. The average molecular weight is 381 g/mol. The van der Waals surface area contributed by atoms with Gasteiger partial charge in [-0.05, 0) is 12.1 Å². The van der Waals surface area contributed by atoms with Crippen LogP contribution in [0.4, 0.5) is 8.78 Å². The fourth-order valence-corrected chi connectivity index (χ4v) is 4.10. The first kappa shape index (κ1) is 17.6. The van der Waals surface area contributed by atoms with Crippen LogP contribution >= 0.6 is 11.3 Å². The SMILES string of the molecule is O=S(=O)(Cc1c(F)cccc1F)NCc1nnc(-c2ccccc2)s1. The maximum Gasteiger partial charge on any atom is 0.216 e. The predicted molar refractivity (Wildman–Crippen MR) is 91.2 cm³/mol. The normalized spacial score (nSPS) is 11.6. The van der Waals surface area contributed by atoms with E-state index in [4.69, 9.17) is 0 Å². The Labute approximate surface area is 147 Å². The Hall–Kier alpha value is -2.23. The third-order valence-electron chi connectivity index (χ3n) is 3.33. The molecule has 1 heterocycles. The molecule has 0 aliphatic carbocycles. The van der Waals surface area contributed by atoms with E-state index in [-0.39, 0.29) is 6.54 Å². The standard InChI is InChI=1S/C16H13F2N3O2S2/c17-13-7-4-8-14(18)12(13)10-25(22,23)19-9-15-20-21-16(24-15)11-5-2-1-3-6-11/h1-8,19H,9-10H2. The fraction of sp³-hybridized carbons (Fsp3) is 0.125. The van der Waals surface area contributed by atoms with Crippen molar-refractivity contribution in [3.05, 3.63) is 70.7 Å². The molecule has 9 heteroatoms.